The highest BCUT2D eigenvalue weighted by Crippen LogP contribution is 2.28. The second-order valence-electron chi connectivity index (χ2n) is 4.65. The maximum absolute atomic E-state index is 6.14. The van der Waals surface area contributed by atoms with E-state index in [1.165, 1.54) is 25.7 Å². The lowest BCUT2D eigenvalue weighted by Gasteiger charge is -2.23. The van der Waals surface area contributed by atoms with Crippen LogP contribution in [0.25, 0.3) is 0 Å². The van der Waals surface area contributed by atoms with Crippen LogP contribution in [0.3, 0.4) is 0 Å². The largest absolute Gasteiger partial charge is 0.358 e. The summed E-state index contributed by atoms with van der Waals surface area (Å²) in [5, 5.41) is 3.55. The van der Waals surface area contributed by atoms with E-state index in [9.17, 15) is 0 Å². The molecule has 0 aromatic carbocycles. The average molecular weight is 255 g/mol. The predicted octanol–water partition coefficient (Wildman–Crippen LogP) is 2.80. The van der Waals surface area contributed by atoms with Crippen molar-refractivity contribution in [3.05, 3.63) is 11.2 Å². The molecule has 0 bridgehead atoms. The van der Waals surface area contributed by atoms with Gasteiger partial charge in [0.05, 0.1) is 6.20 Å². The number of hydrogen-bond acceptors (Lipinski definition) is 4. The van der Waals surface area contributed by atoms with Gasteiger partial charge in [-0.3, -0.25) is 0 Å². The predicted molar refractivity (Wildman–Crippen MR) is 71.8 cm³/mol. The topological polar surface area (TPSA) is 41.1 Å². The quantitative estimate of drug-likeness (QED) is 0.897. The summed E-state index contributed by atoms with van der Waals surface area (Å²) in [6, 6.07) is 0. The van der Waals surface area contributed by atoms with Gasteiger partial charge in [-0.2, -0.15) is 4.98 Å². The van der Waals surface area contributed by atoms with Gasteiger partial charge < -0.3 is 10.2 Å². The molecule has 1 saturated carbocycles. The van der Waals surface area contributed by atoms with Crippen LogP contribution in [0.4, 0.5) is 11.8 Å². The standard InChI is InChI=1S/C12H19ClN4/c1-14-12-15-7-10(13)11(16-12)17(2)8-9-5-3-4-6-9/h7,9H,3-6,8H2,1-2H3,(H,14,15,16). The zero-order chi connectivity index (χ0) is 12.3. The third kappa shape index (κ3) is 3.00. The van der Waals surface area contributed by atoms with Crippen LogP contribution < -0.4 is 10.2 Å². The molecule has 0 atom stereocenters. The molecule has 0 radical (unpaired) electrons. The molecule has 94 valence electrons. The van der Waals surface area contributed by atoms with Crippen LogP contribution in [-0.4, -0.2) is 30.6 Å². The number of nitrogens with zero attached hydrogens (tertiary/aromatic N) is 3. The second-order valence-corrected chi connectivity index (χ2v) is 5.05. The second kappa shape index (κ2) is 5.54. The van der Waals surface area contributed by atoms with Gasteiger partial charge in [0.15, 0.2) is 5.82 Å². The van der Waals surface area contributed by atoms with E-state index in [0.717, 1.165) is 18.3 Å². The molecule has 5 heteroatoms. The minimum atomic E-state index is 0.614. The summed E-state index contributed by atoms with van der Waals surface area (Å²) in [6.07, 6.45) is 7.02. The number of halogens is 1. The number of anilines is 2. The molecule has 17 heavy (non-hydrogen) atoms. The van der Waals surface area contributed by atoms with E-state index in [0.29, 0.717) is 11.0 Å². The van der Waals surface area contributed by atoms with E-state index < -0.39 is 0 Å². The first-order valence-corrected chi connectivity index (χ1v) is 6.50. The summed E-state index contributed by atoms with van der Waals surface area (Å²) < 4.78 is 0. The van der Waals surface area contributed by atoms with Crippen molar-refractivity contribution in [2.45, 2.75) is 25.7 Å². The molecular formula is C12H19ClN4. The molecule has 0 unspecified atom stereocenters. The molecule has 1 aromatic heterocycles. The van der Waals surface area contributed by atoms with E-state index in [4.69, 9.17) is 11.6 Å². The third-order valence-electron chi connectivity index (χ3n) is 3.32. The zero-order valence-electron chi connectivity index (χ0n) is 10.4. The molecule has 1 heterocycles. The van der Waals surface area contributed by atoms with Crippen molar-refractivity contribution in [3.8, 4) is 0 Å². The van der Waals surface area contributed by atoms with Gasteiger partial charge in [-0.25, -0.2) is 4.98 Å². The van der Waals surface area contributed by atoms with Crippen LogP contribution in [-0.2, 0) is 0 Å². The van der Waals surface area contributed by atoms with Crippen molar-refractivity contribution < 1.29 is 0 Å². The normalized spacial score (nSPS) is 16.2. The Kier molecular flexibility index (Phi) is 4.05. The smallest absolute Gasteiger partial charge is 0.224 e. The Balaban J connectivity index is 2.08. The van der Waals surface area contributed by atoms with Crippen molar-refractivity contribution in [3.63, 3.8) is 0 Å². The number of hydrogen-bond donors (Lipinski definition) is 1. The van der Waals surface area contributed by atoms with Crippen LogP contribution in [0.5, 0.6) is 0 Å². The van der Waals surface area contributed by atoms with Gasteiger partial charge in [0.2, 0.25) is 5.95 Å². The number of aromatic nitrogens is 2. The maximum Gasteiger partial charge on any atom is 0.224 e. The summed E-state index contributed by atoms with van der Waals surface area (Å²) in [7, 11) is 3.86. The Morgan fingerprint density at radius 2 is 2.18 bits per heavy atom. The Morgan fingerprint density at radius 3 is 2.82 bits per heavy atom. The van der Waals surface area contributed by atoms with Gasteiger partial charge in [0.1, 0.15) is 5.02 Å². The van der Waals surface area contributed by atoms with Gasteiger partial charge >= 0.3 is 0 Å². The first-order chi connectivity index (χ1) is 8.20. The summed E-state index contributed by atoms with van der Waals surface area (Å²) in [5.74, 6) is 2.21. The molecule has 1 aliphatic rings. The fraction of sp³-hybridized carbons (Fsp3) is 0.667. The van der Waals surface area contributed by atoms with Crippen molar-refractivity contribution in [1.29, 1.82) is 0 Å². The van der Waals surface area contributed by atoms with Crippen LogP contribution >= 0.6 is 11.6 Å². The molecule has 1 fully saturated rings. The van der Waals surface area contributed by atoms with E-state index in [1.807, 2.05) is 14.1 Å². The summed E-state index contributed by atoms with van der Waals surface area (Å²) in [4.78, 5) is 10.6. The van der Waals surface area contributed by atoms with E-state index in [2.05, 4.69) is 20.2 Å². The molecule has 1 aliphatic carbocycles. The van der Waals surface area contributed by atoms with Crippen molar-refractivity contribution >= 4 is 23.4 Å². The summed E-state index contributed by atoms with van der Waals surface area (Å²) in [6.45, 7) is 1.03. The lowest BCUT2D eigenvalue weighted by atomic mass is 10.1. The SMILES string of the molecule is CNc1ncc(Cl)c(N(C)CC2CCCC2)n1. The van der Waals surface area contributed by atoms with Gasteiger partial charge in [0.25, 0.3) is 0 Å². The number of rotatable bonds is 4. The number of nitrogens with one attached hydrogen (secondary N) is 1. The fourth-order valence-electron chi connectivity index (χ4n) is 2.41. The molecular weight excluding hydrogens is 236 g/mol. The minimum absolute atomic E-state index is 0.614. The van der Waals surface area contributed by atoms with Crippen LogP contribution in [0.15, 0.2) is 6.20 Å². The van der Waals surface area contributed by atoms with Gasteiger partial charge in [-0.05, 0) is 18.8 Å². The highest BCUT2D eigenvalue weighted by molar-refractivity contribution is 6.32. The Labute approximate surface area is 107 Å². The van der Waals surface area contributed by atoms with E-state index in [-0.39, 0.29) is 0 Å². The molecule has 0 spiro atoms. The molecule has 2 rings (SSSR count). The highest BCUT2D eigenvalue weighted by atomic mass is 35.5. The first kappa shape index (κ1) is 12.4. The lowest BCUT2D eigenvalue weighted by molar-refractivity contribution is 0.545. The molecule has 4 nitrogen and oxygen atoms in total. The van der Waals surface area contributed by atoms with Crippen molar-refractivity contribution in [1.82, 2.24) is 9.97 Å². The molecule has 1 N–H and O–H groups in total. The van der Waals surface area contributed by atoms with Gasteiger partial charge in [-0.1, -0.05) is 24.4 Å². The van der Waals surface area contributed by atoms with Gasteiger partial charge in [0, 0.05) is 20.6 Å². The molecule has 1 aromatic rings. The monoisotopic (exact) mass is 254 g/mol. The molecule has 0 amide bonds. The molecule has 0 saturated heterocycles. The first-order valence-electron chi connectivity index (χ1n) is 6.12. The Bertz CT molecular complexity index is 377. The zero-order valence-corrected chi connectivity index (χ0v) is 11.2. The highest BCUT2D eigenvalue weighted by Gasteiger charge is 2.19. The van der Waals surface area contributed by atoms with E-state index >= 15 is 0 Å². The van der Waals surface area contributed by atoms with Crippen LogP contribution in [0.1, 0.15) is 25.7 Å². The van der Waals surface area contributed by atoms with Crippen LogP contribution in [0, 0.1) is 5.92 Å². The fourth-order valence-corrected chi connectivity index (χ4v) is 2.65. The summed E-state index contributed by atoms with van der Waals surface area (Å²) >= 11 is 6.14. The molecule has 0 aliphatic heterocycles. The lowest BCUT2D eigenvalue weighted by Crippen LogP contribution is -2.25. The van der Waals surface area contributed by atoms with Gasteiger partial charge in [-0.15, -0.1) is 0 Å². The van der Waals surface area contributed by atoms with Crippen molar-refractivity contribution in [2.75, 3.05) is 30.9 Å². The van der Waals surface area contributed by atoms with E-state index in [1.54, 1.807) is 6.20 Å². The Hall–Kier alpha value is -1.03. The third-order valence-corrected chi connectivity index (χ3v) is 3.58. The average Bonchev–Trinajstić information content (AvgIpc) is 2.82. The Morgan fingerprint density at radius 1 is 1.47 bits per heavy atom. The summed E-state index contributed by atoms with van der Waals surface area (Å²) in [5.41, 5.74) is 0. The van der Waals surface area contributed by atoms with Crippen LogP contribution in [0.2, 0.25) is 5.02 Å². The van der Waals surface area contributed by atoms with Crippen molar-refractivity contribution in [2.24, 2.45) is 5.92 Å². The minimum Gasteiger partial charge on any atom is -0.358 e. The maximum atomic E-state index is 6.14.